The van der Waals surface area contributed by atoms with Gasteiger partial charge in [-0.15, -0.1) is 0 Å². The first-order chi connectivity index (χ1) is 10.1. The molecular weight excluding hydrogens is 266 g/mol. The first-order valence-electron chi connectivity index (χ1n) is 7.55. The number of aliphatic imine (C=N–C) groups is 1. The number of rotatable bonds is 6. The molecule has 1 aliphatic rings. The van der Waals surface area contributed by atoms with Gasteiger partial charge in [-0.05, 0) is 26.2 Å². The van der Waals surface area contributed by atoms with E-state index in [-0.39, 0.29) is 0 Å². The van der Waals surface area contributed by atoms with Gasteiger partial charge in [0.25, 0.3) is 0 Å². The lowest BCUT2D eigenvalue weighted by Gasteiger charge is -2.12. The molecule has 0 aromatic carbocycles. The molecule has 0 saturated heterocycles. The summed E-state index contributed by atoms with van der Waals surface area (Å²) in [5, 5.41) is 11.4. The van der Waals surface area contributed by atoms with E-state index < -0.39 is 0 Å². The van der Waals surface area contributed by atoms with Crippen LogP contribution in [0.3, 0.4) is 0 Å². The van der Waals surface area contributed by atoms with Crippen molar-refractivity contribution >= 4 is 5.96 Å². The second kappa shape index (κ2) is 6.93. The summed E-state index contributed by atoms with van der Waals surface area (Å²) in [6, 6.07) is 0.572. The molecule has 0 radical (unpaired) electrons. The van der Waals surface area contributed by atoms with E-state index >= 15 is 0 Å². The molecule has 0 spiro atoms. The van der Waals surface area contributed by atoms with E-state index in [0.29, 0.717) is 12.6 Å². The van der Waals surface area contributed by atoms with Crippen LogP contribution in [0.4, 0.5) is 0 Å². The number of methoxy groups -OCH3 is 1. The number of aryl methyl sites for hydroxylation is 1. The fourth-order valence-electron chi connectivity index (χ4n) is 2.45. The Bertz CT molecular complexity index is 508. The molecule has 1 aromatic rings. The zero-order valence-corrected chi connectivity index (χ0v) is 13.7. The van der Waals surface area contributed by atoms with Gasteiger partial charge in [-0.1, -0.05) is 6.92 Å². The van der Waals surface area contributed by atoms with Gasteiger partial charge >= 0.3 is 0 Å². The third kappa shape index (κ3) is 3.97. The van der Waals surface area contributed by atoms with Crippen LogP contribution in [0.15, 0.2) is 4.99 Å². The molecule has 0 bridgehead atoms. The predicted molar refractivity (Wildman–Crippen MR) is 84.5 cm³/mol. The van der Waals surface area contributed by atoms with E-state index in [1.54, 1.807) is 7.11 Å². The van der Waals surface area contributed by atoms with E-state index in [9.17, 15) is 0 Å². The molecule has 0 amide bonds. The highest BCUT2D eigenvalue weighted by Gasteiger charge is 2.33. The maximum absolute atomic E-state index is 5.12. The second-order valence-corrected chi connectivity index (χ2v) is 5.75. The number of nitrogens with zero attached hydrogens (tertiary/aromatic N) is 3. The SMILES string of the molecule is CN=C(NCc1c(C)nn(CCOC)c1C)NC1CC1C. The average molecular weight is 293 g/mol. The fourth-order valence-corrected chi connectivity index (χ4v) is 2.45. The molecule has 118 valence electrons. The largest absolute Gasteiger partial charge is 0.383 e. The highest BCUT2D eigenvalue weighted by atomic mass is 16.5. The Hall–Kier alpha value is -1.56. The molecule has 2 atom stereocenters. The maximum Gasteiger partial charge on any atom is 0.191 e. The van der Waals surface area contributed by atoms with Gasteiger partial charge in [0.15, 0.2) is 5.96 Å². The second-order valence-electron chi connectivity index (χ2n) is 5.75. The molecule has 1 aliphatic carbocycles. The molecule has 2 unspecified atom stereocenters. The molecule has 2 N–H and O–H groups in total. The van der Waals surface area contributed by atoms with Crippen LogP contribution in [0.25, 0.3) is 0 Å². The number of hydrogen-bond acceptors (Lipinski definition) is 3. The summed E-state index contributed by atoms with van der Waals surface area (Å²) in [6.45, 7) is 8.61. The first-order valence-corrected chi connectivity index (χ1v) is 7.55. The van der Waals surface area contributed by atoms with Gasteiger partial charge in [-0.2, -0.15) is 5.10 Å². The molecule has 21 heavy (non-hydrogen) atoms. The standard InChI is InChI=1S/C15H27N5O/c1-10-8-14(10)18-15(16-4)17-9-13-11(2)19-20(12(13)3)6-7-21-5/h10,14H,6-9H2,1-5H3,(H2,16,17,18). The summed E-state index contributed by atoms with van der Waals surface area (Å²) >= 11 is 0. The number of nitrogens with one attached hydrogen (secondary N) is 2. The van der Waals surface area contributed by atoms with Gasteiger partial charge in [0.2, 0.25) is 0 Å². The molecular formula is C15H27N5O. The Morgan fingerprint density at radius 1 is 1.48 bits per heavy atom. The van der Waals surface area contributed by atoms with Crippen molar-refractivity contribution in [2.75, 3.05) is 20.8 Å². The fraction of sp³-hybridized carbons (Fsp3) is 0.733. The van der Waals surface area contributed by atoms with Gasteiger partial charge in [-0.25, -0.2) is 0 Å². The van der Waals surface area contributed by atoms with E-state index in [1.165, 1.54) is 17.7 Å². The molecule has 1 saturated carbocycles. The lowest BCUT2D eigenvalue weighted by atomic mass is 10.2. The van der Waals surface area contributed by atoms with Crippen LogP contribution in [0.2, 0.25) is 0 Å². The Morgan fingerprint density at radius 3 is 2.76 bits per heavy atom. The van der Waals surface area contributed by atoms with E-state index in [1.807, 2.05) is 18.7 Å². The minimum Gasteiger partial charge on any atom is -0.383 e. The van der Waals surface area contributed by atoms with Gasteiger partial charge in [0.1, 0.15) is 0 Å². The summed E-state index contributed by atoms with van der Waals surface area (Å²) in [5.41, 5.74) is 3.48. The monoisotopic (exact) mass is 293 g/mol. The van der Waals surface area contributed by atoms with Crippen LogP contribution in [-0.2, 0) is 17.8 Å². The van der Waals surface area contributed by atoms with Gasteiger partial charge in [0.05, 0.1) is 18.8 Å². The van der Waals surface area contributed by atoms with Crippen molar-refractivity contribution in [2.24, 2.45) is 10.9 Å². The Balaban J connectivity index is 1.94. The van der Waals surface area contributed by atoms with Crippen molar-refractivity contribution in [3.63, 3.8) is 0 Å². The Labute approximate surface area is 127 Å². The van der Waals surface area contributed by atoms with Crippen molar-refractivity contribution in [1.29, 1.82) is 0 Å². The van der Waals surface area contributed by atoms with E-state index in [4.69, 9.17) is 4.74 Å². The summed E-state index contributed by atoms with van der Waals surface area (Å²) in [4.78, 5) is 4.28. The summed E-state index contributed by atoms with van der Waals surface area (Å²) in [6.07, 6.45) is 1.23. The Morgan fingerprint density at radius 2 is 2.19 bits per heavy atom. The summed E-state index contributed by atoms with van der Waals surface area (Å²) < 4.78 is 7.13. The third-order valence-corrected chi connectivity index (χ3v) is 4.13. The van der Waals surface area contributed by atoms with Crippen LogP contribution in [0.1, 0.15) is 30.3 Å². The molecule has 2 rings (SSSR count). The van der Waals surface area contributed by atoms with Crippen molar-refractivity contribution in [1.82, 2.24) is 20.4 Å². The smallest absolute Gasteiger partial charge is 0.191 e. The molecule has 6 heteroatoms. The predicted octanol–water partition coefficient (Wildman–Crippen LogP) is 1.22. The van der Waals surface area contributed by atoms with Crippen LogP contribution < -0.4 is 10.6 Å². The topological polar surface area (TPSA) is 63.5 Å². The Kier molecular flexibility index (Phi) is 5.22. The summed E-state index contributed by atoms with van der Waals surface area (Å²) in [5.74, 6) is 1.62. The highest BCUT2D eigenvalue weighted by Crippen LogP contribution is 2.28. The number of aromatic nitrogens is 2. The van der Waals surface area contributed by atoms with Crippen molar-refractivity contribution in [2.45, 2.75) is 46.3 Å². The highest BCUT2D eigenvalue weighted by molar-refractivity contribution is 5.80. The van der Waals surface area contributed by atoms with Gasteiger partial charge in [-0.3, -0.25) is 9.67 Å². The van der Waals surface area contributed by atoms with Crippen LogP contribution in [0.5, 0.6) is 0 Å². The number of ether oxygens (including phenoxy) is 1. The van der Waals surface area contributed by atoms with E-state index in [2.05, 4.69) is 34.6 Å². The van der Waals surface area contributed by atoms with E-state index in [0.717, 1.165) is 30.7 Å². The minimum absolute atomic E-state index is 0.572. The van der Waals surface area contributed by atoms with Gasteiger partial charge in [0, 0.05) is 38.0 Å². The minimum atomic E-state index is 0.572. The lowest BCUT2D eigenvalue weighted by molar-refractivity contribution is 0.182. The van der Waals surface area contributed by atoms with Crippen LogP contribution in [-0.4, -0.2) is 42.5 Å². The molecule has 0 aliphatic heterocycles. The van der Waals surface area contributed by atoms with Crippen molar-refractivity contribution in [3.05, 3.63) is 17.0 Å². The molecule has 1 aromatic heterocycles. The normalized spacial score (nSPS) is 21.5. The van der Waals surface area contributed by atoms with Crippen LogP contribution >= 0.6 is 0 Å². The first kappa shape index (κ1) is 15.8. The summed E-state index contributed by atoms with van der Waals surface area (Å²) in [7, 11) is 3.52. The zero-order chi connectivity index (χ0) is 15.4. The van der Waals surface area contributed by atoms with Crippen molar-refractivity contribution < 1.29 is 4.74 Å². The quantitative estimate of drug-likeness (QED) is 0.611. The van der Waals surface area contributed by atoms with Crippen molar-refractivity contribution in [3.8, 4) is 0 Å². The number of hydrogen-bond donors (Lipinski definition) is 2. The van der Waals surface area contributed by atoms with Gasteiger partial charge < -0.3 is 15.4 Å². The van der Waals surface area contributed by atoms with Crippen LogP contribution in [0, 0.1) is 19.8 Å². The maximum atomic E-state index is 5.12. The lowest BCUT2D eigenvalue weighted by Crippen LogP contribution is -2.38. The zero-order valence-electron chi connectivity index (χ0n) is 13.7. The molecule has 1 heterocycles. The number of guanidine groups is 1. The molecule has 1 fully saturated rings. The average Bonchev–Trinajstić information content (AvgIpc) is 3.09. The molecule has 6 nitrogen and oxygen atoms in total. The third-order valence-electron chi connectivity index (χ3n) is 4.13.